The Morgan fingerprint density at radius 3 is 2.94 bits per heavy atom. The van der Waals surface area contributed by atoms with Crippen molar-refractivity contribution in [2.45, 2.75) is 6.04 Å². The molecule has 2 heterocycles. The van der Waals surface area contributed by atoms with Gasteiger partial charge in [-0.05, 0) is 36.4 Å². The summed E-state index contributed by atoms with van der Waals surface area (Å²) in [6.07, 6.45) is 1.35. The highest BCUT2D eigenvalue weighted by atomic mass is 19.1. The third-order valence-corrected chi connectivity index (χ3v) is 5.33. The van der Waals surface area contributed by atoms with Crippen LogP contribution in [-0.4, -0.2) is 60.4 Å². The van der Waals surface area contributed by atoms with Gasteiger partial charge in [0.2, 0.25) is 0 Å². The van der Waals surface area contributed by atoms with Crippen LogP contribution in [0.1, 0.15) is 10.5 Å². The molecule has 10 heteroatoms. The zero-order chi connectivity index (χ0) is 23.4. The molecule has 0 saturated carbocycles. The fraction of sp³-hybridized carbons (Fsp3) is 0.261. The molecular weight excluding hydrogens is 432 g/mol. The van der Waals surface area contributed by atoms with Gasteiger partial charge in [-0.2, -0.15) is 0 Å². The second-order valence-electron chi connectivity index (χ2n) is 7.48. The Bertz CT molecular complexity index is 1160. The van der Waals surface area contributed by atoms with Gasteiger partial charge in [0.15, 0.2) is 5.82 Å². The molecule has 0 aliphatic carbocycles. The average molecular weight is 455 g/mol. The van der Waals surface area contributed by atoms with E-state index in [0.29, 0.717) is 25.3 Å². The summed E-state index contributed by atoms with van der Waals surface area (Å²) in [6, 6.07) is 9.70. The van der Waals surface area contributed by atoms with Crippen molar-refractivity contribution < 1.29 is 23.4 Å². The molecule has 1 aliphatic heterocycles. The number of methoxy groups -OCH3 is 1. The molecule has 172 valence electrons. The predicted molar refractivity (Wildman–Crippen MR) is 119 cm³/mol. The number of anilines is 2. The van der Waals surface area contributed by atoms with Gasteiger partial charge < -0.3 is 25.4 Å². The lowest BCUT2D eigenvalue weighted by Gasteiger charge is -2.35. The van der Waals surface area contributed by atoms with Gasteiger partial charge in [-0.25, -0.2) is 18.7 Å². The van der Waals surface area contributed by atoms with Crippen molar-refractivity contribution in [1.29, 1.82) is 0 Å². The number of nitrogens with one attached hydrogen (secondary N) is 2. The summed E-state index contributed by atoms with van der Waals surface area (Å²) in [5.41, 5.74) is 0.906. The van der Waals surface area contributed by atoms with Crippen molar-refractivity contribution in [2.75, 3.05) is 43.6 Å². The number of carbonyl (C=O) groups is 1. The van der Waals surface area contributed by atoms with Crippen LogP contribution in [0.5, 0.6) is 5.75 Å². The molecule has 1 saturated heterocycles. The number of aliphatic hydroxyl groups excluding tert-OH is 1. The van der Waals surface area contributed by atoms with E-state index in [0.717, 1.165) is 0 Å². The number of hydrogen-bond donors (Lipinski definition) is 3. The molecule has 33 heavy (non-hydrogen) atoms. The third-order valence-electron chi connectivity index (χ3n) is 5.33. The molecule has 8 nitrogen and oxygen atoms in total. The van der Waals surface area contributed by atoms with Crippen molar-refractivity contribution in [3.05, 3.63) is 66.0 Å². The second kappa shape index (κ2) is 9.88. The highest BCUT2D eigenvalue weighted by molar-refractivity contribution is 6.05. The molecule has 3 N–H and O–H groups in total. The van der Waals surface area contributed by atoms with Gasteiger partial charge in [0.25, 0.3) is 5.91 Å². The first-order valence-corrected chi connectivity index (χ1v) is 10.4. The van der Waals surface area contributed by atoms with Crippen LogP contribution in [0.25, 0.3) is 11.4 Å². The quantitative estimate of drug-likeness (QED) is 0.525. The molecule has 1 aromatic heterocycles. The van der Waals surface area contributed by atoms with Crippen LogP contribution < -0.4 is 20.3 Å². The highest BCUT2D eigenvalue weighted by Crippen LogP contribution is 2.31. The van der Waals surface area contributed by atoms with E-state index in [-0.39, 0.29) is 41.2 Å². The monoisotopic (exact) mass is 455 g/mol. The smallest absolute Gasteiger partial charge is 0.274 e. The molecule has 0 bridgehead atoms. The minimum absolute atomic E-state index is 0.00930. The van der Waals surface area contributed by atoms with E-state index < -0.39 is 17.5 Å². The van der Waals surface area contributed by atoms with Gasteiger partial charge in [0.05, 0.1) is 30.7 Å². The SMILES string of the molecule is COc1cccc(F)c1-c1nccc(C(=O)Nc2cc(F)ccc2N2CCNC(CO)C2)n1. The highest BCUT2D eigenvalue weighted by Gasteiger charge is 2.23. The largest absolute Gasteiger partial charge is 0.496 e. The number of halogens is 2. The third kappa shape index (κ3) is 4.91. The Morgan fingerprint density at radius 2 is 2.15 bits per heavy atom. The Labute approximate surface area is 189 Å². The predicted octanol–water partition coefficient (Wildman–Crippen LogP) is 2.45. The molecule has 3 aromatic rings. The first-order valence-electron chi connectivity index (χ1n) is 10.4. The van der Waals surface area contributed by atoms with Gasteiger partial charge in [-0.15, -0.1) is 0 Å². The van der Waals surface area contributed by atoms with Crippen molar-refractivity contribution in [3.63, 3.8) is 0 Å². The van der Waals surface area contributed by atoms with Gasteiger partial charge in [-0.3, -0.25) is 4.79 Å². The minimum Gasteiger partial charge on any atom is -0.496 e. The zero-order valence-electron chi connectivity index (χ0n) is 17.9. The summed E-state index contributed by atoms with van der Waals surface area (Å²) in [4.78, 5) is 23.2. The van der Waals surface area contributed by atoms with E-state index in [4.69, 9.17) is 4.74 Å². The summed E-state index contributed by atoms with van der Waals surface area (Å²) in [6.45, 7) is 1.71. The van der Waals surface area contributed by atoms with Crippen LogP contribution >= 0.6 is 0 Å². The fourth-order valence-electron chi connectivity index (χ4n) is 3.73. The van der Waals surface area contributed by atoms with Crippen molar-refractivity contribution >= 4 is 17.3 Å². The maximum Gasteiger partial charge on any atom is 0.274 e. The van der Waals surface area contributed by atoms with E-state index in [1.165, 1.54) is 43.6 Å². The van der Waals surface area contributed by atoms with Gasteiger partial charge in [0, 0.05) is 31.9 Å². The summed E-state index contributed by atoms with van der Waals surface area (Å²) < 4.78 is 33.7. The van der Waals surface area contributed by atoms with Gasteiger partial charge in [0.1, 0.15) is 23.1 Å². The first kappa shape index (κ1) is 22.6. The number of hydrogen-bond acceptors (Lipinski definition) is 7. The van der Waals surface area contributed by atoms with E-state index >= 15 is 0 Å². The van der Waals surface area contributed by atoms with E-state index in [9.17, 15) is 18.7 Å². The molecular formula is C23H23F2N5O3. The Balaban J connectivity index is 1.63. The van der Waals surface area contributed by atoms with Gasteiger partial charge in [-0.1, -0.05) is 6.07 Å². The Kier molecular flexibility index (Phi) is 6.76. The number of amides is 1. The molecule has 1 fully saturated rings. The molecule has 0 spiro atoms. The van der Waals surface area contributed by atoms with Gasteiger partial charge >= 0.3 is 0 Å². The maximum atomic E-state index is 14.4. The topological polar surface area (TPSA) is 99.6 Å². The number of carbonyl (C=O) groups excluding carboxylic acids is 1. The van der Waals surface area contributed by atoms with E-state index in [1.54, 1.807) is 12.1 Å². The van der Waals surface area contributed by atoms with Crippen LogP contribution in [0, 0.1) is 11.6 Å². The molecule has 1 unspecified atom stereocenters. The van der Waals surface area contributed by atoms with Crippen molar-refractivity contribution in [2.24, 2.45) is 0 Å². The van der Waals surface area contributed by atoms with E-state index in [2.05, 4.69) is 20.6 Å². The molecule has 1 aliphatic rings. The second-order valence-corrected chi connectivity index (χ2v) is 7.48. The summed E-state index contributed by atoms with van der Waals surface area (Å²) in [5, 5.41) is 15.4. The number of nitrogens with zero attached hydrogens (tertiary/aromatic N) is 3. The molecule has 1 atom stereocenters. The number of piperazine rings is 1. The summed E-state index contributed by atoms with van der Waals surface area (Å²) in [5.74, 6) is -1.48. The Hall–Kier alpha value is -3.63. The fourth-order valence-corrected chi connectivity index (χ4v) is 3.73. The number of aromatic nitrogens is 2. The minimum atomic E-state index is -0.602. The number of ether oxygens (including phenoxy) is 1. The number of rotatable bonds is 6. The summed E-state index contributed by atoms with van der Waals surface area (Å²) in [7, 11) is 1.40. The normalized spacial score (nSPS) is 15.9. The summed E-state index contributed by atoms with van der Waals surface area (Å²) >= 11 is 0. The van der Waals surface area contributed by atoms with Crippen molar-refractivity contribution in [3.8, 4) is 17.1 Å². The lowest BCUT2D eigenvalue weighted by atomic mass is 10.1. The lowest BCUT2D eigenvalue weighted by molar-refractivity contribution is 0.102. The zero-order valence-corrected chi connectivity index (χ0v) is 17.9. The Morgan fingerprint density at radius 1 is 1.30 bits per heavy atom. The standard InChI is InChI=1S/C23H23F2N5O3/c1-33-20-4-2-3-16(25)21(20)22-27-8-7-17(28-22)23(32)29-18-11-14(24)5-6-19(18)30-10-9-26-15(12-30)13-31/h2-8,11,15,26,31H,9-10,12-13H2,1H3,(H,29,32). The molecule has 1 amide bonds. The molecule has 4 rings (SSSR count). The molecule has 2 aromatic carbocycles. The lowest BCUT2D eigenvalue weighted by Crippen LogP contribution is -2.52. The van der Waals surface area contributed by atoms with Crippen LogP contribution in [0.4, 0.5) is 20.2 Å². The first-order chi connectivity index (χ1) is 16.0. The number of aliphatic hydroxyl groups is 1. The van der Waals surface area contributed by atoms with Crippen LogP contribution in [0.15, 0.2) is 48.7 Å². The van der Waals surface area contributed by atoms with E-state index in [1.807, 2.05) is 4.90 Å². The average Bonchev–Trinajstić information content (AvgIpc) is 2.84. The van der Waals surface area contributed by atoms with Crippen LogP contribution in [0.3, 0.4) is 0 Å². The maximum absolute atomic E-state index is 14.4. The van der Waals surface area contributed by atoms with Crippen LogP contribution in [-0.2, 0) is 0 Å². The van der Waals surface area contributed by atoms with Crippen LogP contribution in [0.2, 0.25) is 0 Å². The number of benzene rings is 2. The molecule has 0 radical (unpaired) electrons. The van der Waals surface area contributed by atoms with Crippen molar-refractivity contribution in [1.82, 2.24) is 15.3 Å².